The number of para-hydroxylation sites is 1. The van der Waals surface area contributed by atoms with Crippen LogP contribution in [0.2, 0.25) is 0 Å². The number of carbonyl (C=O) groups excluding carboxylic acids is 1. The van der Waals surface area contributed by atoms with Crippen LogP contribution in [-0.4, -0.2) is 35.3 Å². The molecule has 2 aromatic carbocycles. The van der Waals surface area contributed by atoms with E-state index in [2.05, 4.69) is 10.3 Å². The molecule has 0 radical (unpaired) electrons. The molecule has 3 N–H and O–H groups in total. The van der Waals surface area contributed by atoms with E-state index >= 15 is 0 Å². The van der Waals surface area contributed by atoms with Crippen molar-refractivity contribution in [3.05, 3.63) is 71.9 Å². The lowest BCUT2D eigenvalue weighted by Gasteiger charge is -2.17. The second kappa shape index (κ2) is 7.96. The zero-order valence-electron chi connectivity index (χ0n) is 14.1. The van der Waals surface area contributed by atoms with Gasteiger partial charge in [-0.05, 0) is 24.6 Å². The molecule has 0 bridgehead atoms. The van der Waals surface area contributed by atoms with Gasteiger partial charge in [0.25, 0.3) is 5.91 Å². The summed E-state index contributed by atoms with van der Waals surface area (Å²) in [4.78, 5) is 15.4. The molecule has 0 aliphatic carbocycles. The molecule has 0 aliphatic rings. The molecule has 3 aromatic rings. The number of aromatic amines is 1. The van der Waals surface area contributed by atoms with Crippen molar-refractivity contribution in [1.29, 1.82) is 0 Å². The molecule has 0 saturated carbocycles. The summed E-state index contributed by atoms with van der Waals surface area (Å²) in [5.74, 6) is -0.219. The molecule has 3 rings (SSSR count). The number of carbonyl (C=O) groups is 1. The molecule has 5 nitrogen and oxygen atoms in total. The van der Waals surface area contributed by atoms with E-state index in [1.54, 1.807) is 12.3 Å². The highest BCUT2D eigenvalue weighted by molar-refractivity contribution is 6.05. The minimum absolute atomic E-state index is 0.112. The molecule has 1 amide bonds. The van der Waals surface area contributed by atoms with E-state index in [0.29, 0.717) is 5.56 Å². The first-order valence-electron chi connectivity index (χ1n) is 8.34. The molecular formula is C20H22N2O3. The molecule has 1 aromatic heterocycles. The highest BCUT2D eigenvalue weighted by atomic mass is 16.5. The summed E-state index contributed by atoms with van der Waals surface area (Å²) in [6.07, 6.45) is 0.923. The number of rotatable bonds is 7. The van der Waals surface area contributed by atoms with Gasteiger partial charge in [0.05, 0.1) is 29.9 Å². The van der Waals surface area contributed by atoms with Gasteiger partial charge in [-0.25, -0.2) is 0 Å². The van der Waals surface area contributed by atoms with Crippen molar-refractivity contribution in [1.82, 2.24) is 10.3 Å². The highest BCUT2D eigenvalue weighted by Gasteiger charge is 2.14. The Morgan fingerprint density at radius 2 is 1.96 bits per heavy atom. The molecule has 25 heavy (non-hydrogen) atoms. The Morgan fingerprint density at radius 1 is 1.16 bits per heavy atom. The largest absolute Gasteiger partial charge is 0.389 e. The maximum Gasteiger partial charge on any atom is 0.253 e. The van der Waals surface area contributed by atoms with Gasteiger partial charge in [0.15, 0.2) is 0 Å². The maximum absolute atomic E-state index is 12.3. The summed E-state index contributed by atoms with van der Waals surface area (Å²) < 4.78 is 5.68. The van der Waals surface area contributed by atoms with E-state index in [0.717, 1.165) is 16.5 Å². The lowest BCUT2D eigenvalue weighted by molar-refractivity contribution is -0.00170. The van der Waals surface area contributed by atoms with Crippen LogP contribution >= 0.6 is 0 Å². The summed E-state index contributed by atoms with van der Waals surface area (Å²) >= 11 is 0. The fraction of sp³-hybridized carbons (Fsp3) is 0.250. The number of aliphatic hydroxyl groups excluding tert-OH is 1. The number of benzene rings is 2. The highest BCUT2D eigenvalue weighted by Crippen LogP contribution is 2.17. The van der Waals surface area contributed by atoms with Crippen molar-refractivity contribution in [2.45, 2.75) is 19.1 Å². The number of nitrogens with one attached hydrogen (secondary N) is 2. The summed E-state index contributed by atoms with van der Waals surface area (Å²) in [6.45, 7) is 2.23. The van der Waals surface area contributed by atoms with Crippen molar-refractivity contribution in [3.8, 4) is 0 Å². The zero-order valence-corrected chi connectivity index (χ0v) is 14.1. The van der Waals surface area contributed by atoms with Crippen LogP contribution in [0.1, 0.15) is 28.9 Å². The van der Waals surface area contributed by atoms with Crippen molar-refractivity contribution in [2.24, 2.45) is 0 Å². The Labute approximate surface area is 146 Å². The number of amides is 1. The minimum atomic E-state index is -0.766. The number of aliphatic hydroxyl groups is 1. The first kappa shape index (κ1) is 17.2. The summed E-state index contributed by atoms with van der Waals surface area (Å²) in [6, 6.07) is 17.3. The Bertz CT molecular complexity index is 829. The van der Waals surface area contributed by atoms with Gasteiger partial charge >= 0.3 is 0 Å². The second-order valence-corrected chi connectivity index (χ2v) is 6.00. The quantitative estimate of drug-likeness (QED) is 0.620. The van der Waals surface area contributed by atoms with Gasteiger partial charge in [-0.3, -0.25) is 4.79 Å². The third kappa shape index (κ3) is 4.26. The molecule has 5 heteroatoms. The first-order valence-corrected chi connectivity index (χ1v) is 8.34. The van der Waals surface area contributed by atoms with Gasteiger partial charge in [0.2, 0.25) is 0 Å². The minimum Gasteiger partial charge on any atom is -0.389 e. The SMILES string of the molecule is C[C@@H](OC[C@H](O)CNC(=O)c1cccc2cc[nH]c12)c1ccccc1. The molecule has 0 spiro atoms. The molecule has 0 aliphatic heterocycles. The maximum atomic E-state index is 12.3. The van der Waals surface area contributed by atoms with Crippen LogP contribution in [0.4, 0.5) is 0 Å². The van der Waals surface area contributed by atoms with Crippen molar-refractivity contribution in [2.75, 3.05) is 13.2 Å². The summed E-state index contributed by atoms with van der Waals surface area (Å²) in [5.41, 5.74) is 2.41. The smallest absolute Gasteiger partial charge is 0.253 e. The lowest BCUT2D eigenvalue weighted by atomic mass is 10.1. The molecule has 0 saturated heterocycles. The third-order valence-corrected chi connectivity index (χ3v) is 4.14. The monoisotopic (exact) mass is 338 g/mol. The average Bonchev–Trinajstić information content (AvgIpc) is 3.13. The molecule has 130 valence electrons. The van der Waals surface area contributed by atoms with Gasteiger partial charge in [0, 0.05) is 18.1 Å². The number of hydrogen-bond donors (Lipinski definition) is 3. The average molecular weight is 338 g/mol. The predicted molar refractivity (Wildman–Crippen MR) is 97.4 cm³/mol. The van der Waals surface area contributed by atoms with Crippen molar-refractivity contribution < 1.29 is 14.6 Å². The van der Waals surface area contributed by atoms with Gasteiger partial charge in [-0.1, -0.05) is 42.5 Å². The topological polar surface area (TPSA) is 74.3 Å². The van der Waals surface area contributed by atoms with E-state index in [1.807, 2.05) is 55.5 Å². The summed E-state index contributed by atoms with van der Waals surface area (Å²) in [7, 11) is 0. The molecular weight excluding hydrogens is 316 g/mol. The van der Waals surface area contributed by atoms with Gasteiger partial charge < -0.3 is 20.1 Å². The molecule has 0 unspecified atom stereocenters. The van der Waals surface area contributed by atoms with Crippen LogP contribution in [0.5, 0.6) is 0 Å². The molecule has 0 fully saturated rings. The van der Waals surface area contributed by atoms with Gasteiger partial charge in [0.1, 0.15) is 0 Å². The van der Waals surface area contributed by atoms with E-state index < -0.39 is 6.10 Å². The number of H-pyrrole nitrogens is 1. The number of ether oxygens (including phenoxy) is 1. The van der Waals surface area contributed by atoms with Crippen LogP contribution in [0.3, 0.4) is 0 Å². The Kier molecular flexibility index (Phi) is 5.48. The lowest BCUT2D eigenvalue weighted by Crippen LogP contribution is -2.34. The second-order valence-electron chi connectivity index (χ2n) is 6.00. The van der Waals surface area contributed by atoms with Crippen LogP contribution in [-0.2, 0) is 4.74 Å². The van der Waals surface area contributed by atoms with E-state index in [9.17, 15) is 9.90 Å². The number of hydrogen-bond acceptors (Lipinski definition) is 3. The Morgan fingerprint density at radius 3 is 2.76 bits per heavy atom. The van der Waals surface area contributed by atoms with Gasteiger partial charge in [-0.2, -0.15) is 0 Å². The van der Waals surface area contributed by atoms with Crippen LogP contribution in [0.25, 0.3) is 10.9 Å². The molecule has 1 heterocycles. The van der Waals surface area contributed by atoms with E-state index in [-0.39, 0.29) is 25.2 Å². The fourth-order valence-corrected chi connectivity index (χ4v) is 2.71. The van der Waals surface area contributed by atoms with Crippen LogP contribution in [0, 0.1) is 0 Å². The standard InChI is InChI=1S/C20H22N2O3/c1-14(15-6-3-2-4-7-15)25-13-17(23)12-22-20(24)18-9-5-8-16-10-11-21-19(16)18/h2-11,14,17,21,23H,12-13H2,1H3,(H,22,24)/t14-,17-/m1/s1. The number of aromatic nitrogens is 1. The first-order chi connectivity index (χ1) is 12.1. The Hall–Kier alpha value is -2.63. The van der Waals surface area contributed by atoms with E-state index in [4.69, 9.17) is 4.74 Å². The third-order valence-electron chi connectivity index (χ3n) is 4.14. The fourth-order valence-electron chi connectivity index (χ4n) is 2.71. The summed E-state index contributed by atoms with van der Waals surface area (Å²) in [5, 5.41) is 13.8. The number of fused-ring (bicyclic) bond motifs is 1. The van der Waals surface area contributed by atoms with Crippen LogP contribution < -0.4 is 5.32 Å². The van der Waals surface area contributed by atoms with Crippen molar-refractivity contribution in [3.63, 3.8) is 0 Å². The van der Waals surface area contributed by atoms with Gasteiger partial charge in [-0.15, -0.1) is 0 Å². The Balaban J connectivity index is 1.49. The van der Waals surface area contributed by atoms with E-state index in [1.165, 1.54) is 0 Å². The van der Waals surface area contributed by atoms with Crippen molar-refractivity contribution >= 4 is 16.8 Å². The van der Waals surface area contributed by atoms with Crippen LogP contribution in [0.15, 0.2) is 60.8 Å². The molecule has 2 atom stereocenters. The predicted octanol–water partition coefficient (Wildman–Crippen LogP) is 3.04. The zero-order chi connectivity index (χ0) is 17.6. The normalized spacial score (nSPS) is 13.5.